The number of ether oxygens (including phenoxy) is 2. The normalized spacial score (nSPS) is 12.8. The van der Waals surface area contributed by atoms with Crippen LogP contribution in [0.3, 0.4) is 0 Å². The molecule has 0 saturated carbocycles. The highest BCUT2D eigenvalue weighted by Gasteiger charge is 2.19. The van der Waals surface area contributed by atoms with Gasteiger partial charge in [0.05, 0.1) is 14.2 Å². The lowest BCUT2D eigenvalue weighted by atomic mass is 9.98. The molecule has 0 atom stereocenters. The van der Waals surface area contributed by atoms with E-state index in [-0.39, 0.29) is 18.4 Å². The van der Waals surface area contributed by atoms with E-state index >= 15 is 0 Å². The fraction of sp³-hybridized carbons (Fsp3) is 0.212. The van der Waals surface area contributed by atoms with E-state index in [9.17, 15) is 18.4 Å². The monoisotopic (exact) mass is 571 g/mol. The predicted molar refractivity (Wildman–Crippen MR) is 156 cm³/mol. The van der Waals surface area contributed by atoms with Gasteiger partial charge >= 0.3 is 0 Å². The molecule has 0 unspecified atom stereocenters. The first-order chi connectivity index (χ1) is 20.3. The van der Waals surface area contributed by atoms with E-state index in [0.717, 1.165) is 30.2 Å². The molecule has 1 aliphatic rings. The molecule has 7 nitrogen and oxygen atoms in total. The van der Waals surface area contributed by atoms with Crippen molar-refractivity contribution in [1.29, 1.82) is 0 Å². The first-order valence-corrected chi connectivity index (χ1v) is 13.5. The summed E-state index contributed by atoms with van der Waals surface area (Å²) in [6, 6.07) is 21.5. The lowest BCUT2D eigenvalue weighted by Crippen LogP contribution is -2.30. The summed E-state index contributed by atoms with van der Waals surface area (Å²) in [5.74, 6) is -0.708. The van der Waals surface area contributed by atoms with E-state index in [2.05, 4.69) is 15.5 Å². The van der Waals surface area contributed by atoms with Crippen LogP contribution >= 0.6 is 0 Å². The molecular weight excluding hydrogens is 540 g/mol. The molecule has 2 amide bonds. The zero-order valence-electron chi connectivity index (χ0n) is 23.4. The smallest absolute Gasteiger partial charge is 0.255 e. The van der Waals surface area contributed by atoms with Gasteiger partial charge < -0.3 is 20.1 Å². The molecule has 0 aromatic heterocycles. The minimum absolute atomic E-state index is 0.234. The topological polar surface area (TPSA) is 79.9 Å². The summed E-state index contributed by atoms with van der Waals surface area (Å²) < 4.78 is 37.9. The number of anilines is 1. The summed E-state index contributed by atoms with van der Waals surface area (Å²) in [5, 5.41) is 5.83. The van der Waals surface area contributed by atoms with Crippen molar-refractivity contribution in [3.8, 4) is 11.5 Å². The van der Waals surface area contributed by atoms with Crippen LogP contribution < -0.4 is 20.1 Å². The summed E-state index contributed by atoms with van der Waals surface area (Å²) >= 11 is 0. The maximum atomic E-state index is 14.2. The summed E-state index contributed by atoms with van der Waals surface area (Å²) in [5.41, 5.74) is 4.98. The number of fused-ring (bicyclic) bond motifs is 1. The molecule has 2 N–H and O–H groups in total. The van der Waals surface area contributed by atoms with Crippen molar-refractivity contribution in [3.63, 3.8) is 0 Å². The van der Waals surface area contributed by atoms with Crippen molar-refractivity contribution in [2.45, 2.75) is 26.1 Å². The van der Waals surface area contributed by atoms with E-state index in [1.54, 1.807) is 36.4 Å². The number of nitrogens with zero attached hydrogens (tertiary/aromatic N) is 1. The quantitative estimate of drug-likeness (QED) is 0.269. The second kappa shape index (κ2) is 12.8. The summed E-state index contributed by atoms with van der Waals surface area (Å²) in [6.07, 6.45) is 0.795. The number of carbonyl (C=O) groups is 2. The fourth-order valence-electron chi connectivity index (χ4n) is 5.01. The molecule has 0 fully saturated rings. The van der Waals surface area contributed by atoms with Gasteiger partial charge in [-0.1, -0.05) is 24.3 Å². The zero-order chi connectivity index (χ0) is 29.6. The molecule has 216 valence electrons. The van der Waals surface area contributed by atoms with E-state index < -0.39 is 11.6 Å². The van der Waals surface area contributed by atoms with Gasteiger partial charge in [-0.15, -0.1) is 0 Å². The number of carbonyl (C=O) groups excluding carboxylic acids is 2. The summed E-state index contributed by atoms with van der Waals surface area (Å²) in [4.78, 5) is 27.9. The van der Waals surface area contributed by atoms with Crippen molar-refractivity contribution in [3.05, 3.63) is 124 Å². The lowest BCUT2D eigenvalue weighted by Gasteiger charge is -2.29. The van der Waals surface area contributed by atoms with Crippen LogP contribution in [0.25, 0.3) is 0 Å². The minimum atomic E-state index is -0.592. The van der Waals surface area contributed by atoms with E-state index in [1.807, 2.05) is 24.3 Å². The Labute approximate surface area is 243 Å². The second-order valence-electron chi connectivity index (χ2n) is 10.1. The Bertz CT molecular complexity index is 1630. The maximum absolute atomic E-state index is 14.2. The standard InChI is InChI=1S/C33H31F2N3O4/c1-41-30-11-8-24(16-31(30)42-2)32(39)36-18-21-4-3-5-23(14-21)33(40)37-28-10-7-22-12-13-38(20-26(22)15-28)19-25-6-9-27(34)17-29(25)35/h3-11,14-17H,12-13,18-20H2,1-2H3,(H,36,39)(H,37,40). The van der Waals surface area contributed by atoms with Gasteiger partial charge in [0.15, 0.2) is 11.5 Å². The number of benzene rings is 4. The van der Waals surface area contributed by atoms with Gasteiger partial charge in [0, 0.05) is 54.6 Å². The number of rotatable bonds is 9. The maximum Gasteiger partial charge on any atom is 0.255 e. The highest BCUT2D eigenvalue weighted by atomic mass is 19.1. The van der Waals surface area contributed by atoms with Crippen LogP contribution in [-0.2, 0) is 26.1 Å². The zero-order valence-corrected chi connectivity index (χ0v) is 23.4. The molecule has 0 bridgehead atoms. The minimum Gasteiger partial charge on any atom is -0.493 e. The molecule has 0 saturated heterocycles. The Balaban J connectivity index is 1.20. The van der Waals surface area contributed by atoms with Crippen LogP contribution in [0.1, 0.15) is 43.0 Å². The number of amides is 2. The van der Waals surface area contributed by atoms with E-state index in [4.69, 9.17) is 9.47 Å². The lowest BCUT2D eigenvalue weighted by molar-refractivity contribution is 0.0950. The molecule has 4 aromatic carbocycles. The molecule has 42 heavy (non-hydrogen) atoms. The second-order valence-corrected chi connectivity index (χ2v) is 10.1. The molecule has 0 aliphatic carbocycles. The first-order valence-electron chi connectivity index (χ1n) is 13.5. The SMILES string of the molecule is COc1ccc(C(=O)NCc2cccc(C(=O)Nc3ccc4c(c3)CN(Cc3ccc(F)cc3F)CC4)c2)cc1OC. The van der Waals surface area contributed by atoms with Gasteiger partial charge in [-0.2, -0.15) is 0 Å². The Morgan fingerprint density at radius 3 is 2.43 bits per heavy atom. The molecule has 0 radical (unpaired) electrons. The number of nitrogens with one attached hydrogen (secondary N) is 2. The summed E-state index contributed by atoms with van der Waals surface area (Å²) in [7, 11) is 3.04. The largest absolute Gasteiger partial charge is 0.493 e. The van der Waals surface area contributed by atoms with Gasteiger partial charge in [-0.05, 0) is 71.6 Å². The van der Waals surface area contributed by atoms with Gasteiger partial charge in [0.2, 0.25) is 0 Å². The van der Waals surface area contributed by atoms with Crippen LogP contribution in [0.5, 0.6) is 11.5 Å². The van der Waals surface area contributed by atoms with Crippen molar-refractivity contribution < 1.29 is 27.8 Å². The highest BCUT2D eigenvalue weighted by Crippen LogP contribution is 2.28. The molecule has 4 aromatic rings. The number of halogens is 2. The van der Waals surface area contributed by atoms with E-state index in [1.165, 1.54) is 31.9 Å². The first kappa shape index (κ1) is 28.8. The molecule has 5 rings (SSSR count). The average molecular weight is 572 g/mol. The van der Waals surface area contributed by atoms with Crippen molar-refractivity contribution >= 4 is 17.5 Å². The Morgan fingerprint density at radius 2 is 1.64 bits per heavy atom. The number of hydrogen-bond donors (Lipinski definition) is 2. The molecule has 9 heteroatoms. The predicted octanol–water partition coefficient (Wildman–Crippen LogP) is 5.72. The third kappa shape index (κ3) is 6.75. The molecular formula is C33H31F2N3O4. The van der Waals surface area contributed by atoms with Crippen LogP contribution in [0, 0.1) is 11.6 Å². The number of hydrogen-bond acceptors (Lipinski definition) is 5. The van der Waals surface area contributed by atoms with Gasteiger partial charge in [0.1, 0.15) is 11.6 Å². The molecule has 0 spiro atoms. The Hall–Kier alpha value is -4.76. The summed E-state index contributed by atoms with van der Waals surface area (Å²) in [6.45, 7) is 1.95. The van der Waals surface area contributed by atoms with E-state index in [0.29, 0.717) is 47.0 Å². The van der Waals surface area contributed by atoms with Crippen LogP contribution in [0.2, 0.25) is 0 Å². The average Bonchev–Trinajstić information content (AvgIpc) is 3.00. The fourth-order valence-corrected chi connectivity index (χ4v) is 5.01. The molecule has 1 heterocycles. The van der Waals surface area contributed by atoms with Crippen molar-refractivity contribution in [2.75, 3.05) is 26.1 Å². The van der Waals surface area contributed by atoms with Gasteiger partial charge in [0.25, 0.3) is 11.8 Å². The van der Waals surface area contributed by atoms with Crippen LogP contribution in [-0.4, -0.2) is 37.5 Å². The van der Waals surface area contributed by atoms with Gasteiger partial charge in [-0.3, -0.25) is 14.5 Å². The van der Waals surface area contributed by atoms with Crippen LogP contribution in [0.4, 0.5) is 14.5 Å². The van der Waals surface area contributed by atoms with Crippen molar-refractivity contribution in [1.82, 2.24) is 10.2 Å². The van der Waals surface area contributed by atoms with Crippen LogP contribution in [0.15, 0.2) is 78.9 Å². The highest BCUT2D eigenvalue weighted by molar-refractivity contribution is 6.04. The van der Waals surface area contributed by atoms with Gasteiger partial charge in [-0.25, -0.2) is 8.78 Å². The molecule has 1 aliphatic heterocycles. The third-order valence-corrected chi connectivity index (χ3v) is 7.25. The third-order valence-electron chi connectivity index (χ3n) is 7.25. The Kier molecular flexibility index (Phi) is 8.78. The number of methoxy groups -OCH3 is 2. The Morgan fingerprint density at radius 1 is 0.833 bits per heavy atom. The van der Waals surface area contributed by atoms with Crippen molar-refractivity contribution in [2.24, 2.45) is 0 Å².